The predicted molar refractivity (Wildman–Crippen MR) is 123 cm³/mol. The molecule has 7 nitrogen and oxygen atoms in total. The fraction of sp³-hybridized carbons (Fsp3) is 0.417. The molecule has 0 radical (unpaired) electrons. The van der Waals surface area contributed by atoms with Crippen LogP contribution in [0.4, 0.5) is 18.9 Å². The van der Waals surface area contributed by atoms with Crippen LogP contribution in [0.2, 0.25) is 5.02 Å². The number of halogens is 4. The molecule has 184 valence electrons. The van der Waals surface area contributed by atoms with Crippen LogP contribution >= 0.6 is 11.6 Å². The number of anilines is 1. The first-order valence-electron chi connectivity index (χ1n) is 11.4. The van der Waals surface area contributed by atoms with Crippen LogP contribution in [0.5, 0.6) is 0 Å². The third kappa shape index (κ3) is 4.13. The zero-order valence-electron chi connectivity index (χ0n) is 18.9. The highest BCUT2D eigenvalue weighted by molar-refractivity contribution is 6.34. The summed E-state index contributed by atoms with van der Waals surface area (Å²) in [6.07, 6.45) is 1.53. The van der Waals surface area contributed by atoms with Gasteiger partial charge in [0.2, 0.25) is 5.91 Å². The molecule has 1 aliphatic carbocycles. The van der Waals surface area contributed by atoms with E-state index >= 15 is 0 Å². The number of nitrogens with zero attached hydrogens (tertiary/aromatic N) is 4. The molecule has 2 aromatic heterocycles. The van der Waals surface area contributed by atoms with E-state index in [1.807, 2.05) is 0 Å². The Hall–Kier alpha value is -3.14. The van der Waals surface area contributed by atoms with Crippen LogP contribution in [-0.4, -0.2) is 39.0 Å². The number of benzene rings is 1. The highest BCUT2D eigenvalue weighted by Gasteiger charge is 2.49. The van der Waals surface area contributed by atoms with Gasteiger partial charge in [-0.3, -0.25) is 9.59 Å². The summed E-state index contributed by atoms with van der Waals surface area (Å²) in [5.41, 5.74) is 0.232. The maximum Gasteiger partial charge on any atom is 0.280 e. The standard InChI is InChI=1S/C24H23ClF3N5O2/c1-13-10-19(20(27)28)33-21(30-13)16(12-29-33)22(34)31-15-4-6-24(7-5-15)8-9-32(23(24)35)18-3-2-14(26)11-17(18)25/h2-3,10-12,15,20H,4-9H2,1H3,(H,31,34)/t15-,24+. The monoisotopic (exact) mass is 505 g/mol. The average Bonchev–Trinajstić information content (AvgIpc) is 3.37. The van der Waals surface area contributed by atoms with Crippen LogP contribution in [0.15, 0.2) is 30.5 Å². The third-order valence-electron chi connectivity index (χ3n) is 7.09. The lowest BCUT2D eigenvalue weighted by molar-refractivity contribution is -0.127. The number of hydrogen-bond donors (Lipinski definition) is 1. The van der Waals surface area contributed by atoms with Gasteiger partial charge in [-0.15, -0.1) is 0 Å². The number of nitrogens with one attached hydrogen (secondary N) is 1. The van der Waals surface area contributed by atoms with Crippen LogP contribution in [0.3, 0.4) is 0 Å². The summed E-state index contributed by atoms with van der Waals surface area (Å²) in [5, 5.41) is 7.09. The smallest absolute Gasteiger partial charge is 0.280 e. The van der Waals surface area contributed by atoms with Crippen molar-refractivity contribution < 1.29 is 22.8 Å². The fourth-order valence-electron chi connectivity index (χ4n) is 5.22. The Kier molecular flexibility index (Phi) is 5.94. The van der Waals surface area contributed by atoms with Crippen molar-refractivity contribution in [3.8, 4) is 0 Å². The summed E-state index contributed by atoms with van der Waals surface area (Å²) < 4.78 is 41.2. The largest absolute Gasteiger partial charge is 0.349 e. The first-order chi connectivity index (χ1) is 16.7. The minimum atomic E-state index is -2.75. The molecule has 1 N–H and O–H groups in total. The zero-order chi connectivity index (χ0) is 24.9. The SMILES string of the molecule is Cc1cc(C(F)F)n2ncc(C(=O)N[C@H]3CC[C@]4(CCN(c5ccc(F)cc5Cl)C4=O)CC3)c2n1. The van der Waals surface area contributed by atoms with Gasteiger partial charge in [0, 0.05) is 18.3 Å². The Labute approximate surface area is 204 Å². The van der Waals surface area contributed by atoms with Gasteiger partial charge in [0.15, 0.2) is 5.65 Å². The van der Waals surface area contributed by atoms with Crippen molar-refractivity contribution >= 4 is 34.7 Å². The minimum Gasteiger partial charge on any atom is -0.349 e. The second-order valence-corrected chi connectivity index (χ2v) is 9.65. The van der Waals surface area contributed by atoms with Crippen LogP contribution in [0.1, 0.15) is 60.3 Å². The van der Waals surface area contributed by atoms with Gasteiger partial charge in [0.05, 0.1) is 22.3 Å². The van der Waals surface area contributed by atoms with Crippen LogP contribution in [0.25, 0.3) is 5.65 Å². The number of hydrogen-bond acceptors (Lipinski definition) is 4. The van der Waals surface area contributed by atoms with E-state index in [2.05, 4.69) is 15.4 Å². The lowest BCUT2D eigenvalue weighted by atomic mass is 9.71. The molecule has 2 fully saturated rings. The second-order valence-electron chi connectivity index (χ2n) is 9.25. The minimum absolute atomic E-state index is 0.0300. The van der Waals surface area contributed by atoms with Crippen molar-refractivity contribution in [2.24, 2.45) is 5.41 Å². The van der Waals surface area contributed by atoms with E-state index in [0.717, 1.165) is 4.52 Å². The molecule has 3 heterocycles. The zero-order valence-corrected chi connectivity index (χ0v) is 19.7. The number of fused-ring (bicyclic) bond motifs is 1. The lowest BCUT2D eigenvalue weighted by Gasteiger charge is -2.36. The molecule has 1 aromatic carbocycles. The lowest BCUT2D eigenvalue weighted by Crippen LogP contribution is -2.44. The van der Waals surface area contributed by atoms with Crippen molar-refractivity contribution in [1.29, 1.82) is 0 Å². The fourth-order valence-corrected chi connectivity index (χ4v) is 5.49. The van der Waals surface area contributed by atoms with Crippen molar-refractivity contribution in [2.75, 3.05) is 11.4 Å². The van der Waals surface area contributed by atoms with E-state index in [1.165, 1.54) is 30.5 Å². The van der Waals surface area contributed by atoms with E-state index in [9.17, 15) is 22.8 Å². The molecule has 35 heavy (non-hydrogen) atoms. The Morgan fingerprint density at radius 3 is 2.66 bits per heavy atom. The van der Waals surface area contributed by atoms with Gasteiger partial charge in [-0.05, 0) is 63.3 Å². The first-order valence-corrected chi connectivity index (χ1v) is 11.8. The summed E-state index contributed by atoms with van der Waals surface area (Å²) in [7, 11) is 0. The number of aryl methyl sites for hydroxylation is 1. The summed E-state index contributed by atoms with van der Waals surface area (Å²) in [6, 6.07) is 5.08. The average molecular weight is 506 g/mol. The maximum atomic E-state index is 13.4. The van der Waals surface area contributed by atoms with Crippen LogP contribution in [-0.2, 0) is 4.79 Å². The molecule has 0 bridgehead atoms. The Morgan fingerprint density at radius 1 is 1.23 bits per heavy atom. The predicted octanol–water partition coefficient (Wildman–Crippen LogP) is 4.86. The van der Waals surface area contributed by atoms with Gasteiger partial charge in [0.1, 0.15) is 17.1 Å². The Bertz CT molecular complexity index is 1320. The quantitative estimate of drug-likeness (QED) is 0.549. The molecule has 11 heteroatoms. The van der Waals surface area contributed by atoms with Gasteiger partial charge >= 0.3 is 0 Å². The van der Waals surface area contributed by atoms with Crippen LogP contribution < -0.4 is 10.2 Å². The summed E-state index contributed by atoms with van der Waals surface area (Å²) in [4.78, 5) is 32.1. The van der Waals surface area contributed by atoms with E-state index in [1.54, 1.807) is 11.8 Å². The maximum absolute atomic E-state index is 13.4. The van der Waals surface area contributed by atoms with Crippen molar-refractivity contribution in [2.45, 2.75) is 51.5 Å². The summed E-state index contributed by atoms with van der Waals surface area (Å²) >= 11 is 6.17. The number of amides is 2. The summed E-state index contributed by atoms with van der Waals surface area (Å²) in [5.74, 6) is -0.923. The molecule has 1 saturated heterocycles. The van der Waals surface area contributed by atoms with Crippen molar-refractivity contribution in [1.82, 2.24) is 19.9 Å². The molecule has 1 aliphatic heterocycles. The number of carbonyl (C=O) groups is 2. The number of alkyl halides is 2. The van der Waals surface area contributed by atoms with E-state index in [4.69, 9.17) is 11.6 Å². The Morgan fingerprint density at radius 2 is 1.97 bits per heavy atom. The Balaban J connectivity index is 1.27. The van der Waals surface area contributed by atoms with Crippen molar-refractivity contribution in [3.63, 3.8) is 0 Å². The van der Waals surface area contributed by atoms with Gasteiger partial charge in [-0.1, -0.05) is 11.6 Å². The van der Waals surface area contributed by atoms with Gasteiger partial charge in [-0.25, -0.2) is 22.7 Å². The highest BCUT2D eigenvalue weighted by Crippen LogP contribution is 2.47. The van der Waals surface area contributed by atoms with Gasteiger partial charge in [0.25, 0.3) is 12.3 Å². The normalized spacial score (nSPS) is 22.5. The summed E-state index contributed by atoms with van der Waals surface area (Å²) in [6.45, 7) is 2.09. The van der Waals surface area contributed by atoms with E-state index < -0.39 is 23.6 Å². The molecule has 0 atom stereocenters. The van der Waals surface area contributed by atoms with Gasteiger partial charge < -0.3 is 10.2 Å². The number of rotatable bonds is 4. The first kappa shape index (κ1) is 23.6. The molecular formula is C24H23ClF3N5O2. The molecule has 5 rings (SSSR count). The molecular weight excluding hydrogens is 483 g/mol. The molecule has 2 aliphatic rings. The number of carbonyl (C=O) groups excluding carboxylic acids is 2. The molecule has 2 amide bonds. The van der Waals surface area contributed by atoms with Crippen LogP contribution in [0, 0.1) is 18.2 Å². The second kappa shape index (κ2) is 8.82. The molecule has 1 saturated carbocycles. The van der Waals surface area contributed by atoms with Gasteiger partial charge in [-0.2, -0.15) is 5.10 Å². The molecule has 1 spiro atoms. The highest BCUT2D eigenvalue weighted by atomic mass is 35.5. The molecule has 0 unspecified atom stereocenters. The third-order valence-corrected chi connectivity index (χ3v) is 7.39. The molecule has 3 aromatic rings. The van der Waals surface area contributed by atoms with E-state index in [0.29, 0.717) is 50.0 Å². The van der Waals surface area contributed by atoms with E-state index in [-0.39, 0.29) is 33.9 Å². The topological polar surface area (TPSA) is 79.6 Å². The number of aromatic nitrogens is 3. The van der Waals surface area contributed by atoms with Crippen molar-refractivity contribution in [3.05, 3.63) is 58.3 Å².